The van der Waals surface area contributed by atoms with Crippen molar-refractivity contribution in [3.05, 3.63) is 107 Å². The number of carbonyl (C=O) groups is 1. The van der Waals surface area contributed by atoms with Gasteiger partial charge < -0.3 is 15.6 Å². The maximum Gasteiger partial charge on any atom is 0.278 e. The van der Waals surface area contributed by atoms with Crippen LogP contribution in [0.2, 0.25) is 0 Å². The number of anilines is 1. The van der Waals surface area contributed by atoms with Crippen molar-refractivity contribution in [3.63, 3.8) is 0 Å². The molecule has 184 valence electrons. The summed E-state index contributed by atoms with van der Waals surface area (Å²) in [6, 6.07) is 19.5. The van der Waals surface area contributed by atoms with E-state index in [0.29, 0.717) is 35.9 Å². The fourth-order valence-corrected chi connectivity index (χ4v) is 5.14. The molecule has 0 bridgehead atoms. The summed E-state index contributed by atoms with van der Waals surface area (Å²) in [5.41, 5.74) is 10.00. The van der Waals surface area contributed by atoms with Gasteiger partial charge in [-0.05, 0) is 42.7 Å². The highest BCUT2D eigenvalue weighted by Gasteiger charge is 2.33. The molecule has 6 rings (SSSR count). The number of nitrogens with two attached hydrogens (primary N) is 1. The number of primary amides is 1. The molecular formula is C28H25N7O2. The van der Waals surface area contributed by atoms with Crippen LogP contribution in [0.15, 0.2) is 84.0 Å². The molecule has 4 aromatic heterocycles. The second-order valence-corrected chi connectivity index (χ2v) is 9.15. The van der Waals surface area contributed by atoms with Crippen LogP contribution in [0, 0.1) is 0 Å². The summed E-state index contributed by atoms with van der Waals surface area (Å²) in [4.78, 5) is 45.2. The van der Waals surface area contributed by atoms with Crippen molar-refractivity contribution in [1.29, 1.82) is 0 Å². The van der Waals surface area contributed by atoms with E-state index in [9.17, 15) is 9.59 Å². The highest BCUT2D eigenvalue weighted by Crippen LogP contribution is 2.38. The first kappa shape index (κ1) is 22.7. The molecular weight excluding hydrogens is 466 g/mol. The minimum Gasteiger partial charge on any atom is -0.368 e. The van der Waals surface area contributed by atoms with E-state index >= 15 is 0 Å². The number of carbonyl (C=O) groups excluding carboxylic acids is 1. The normalized spacial score (nSPS) is 15.0. The third-order valence-corrected chi connectivity index (χ3v) is 6.75. The molecule has 1 aromatic carbocycles. The Labute approximate surface area is 212 Å². The largest absolute Gasteiger partial charge is 0.368 e. The van der Waals surface area contributed by atoms with Gasteiger partial charge in [0.05, 0.1) is 18.3 Å². The first-order chi connectivity index (χ1) is 18.1. The summed E-state index contributed by atoms with van der Waals surface area (Å²) in [6.07, 6.45) is 6.60. The molecule has 0 fully saturated rings. The van der Waals surface area contributed by atoms with E-state index in [1.54, 1.807) is 24.5 Å². The van der Waals surface area contributed by atoms with E-state index in [4.69, 9.17) is 10.7 Å². The number of fused-ring (bicyclic) bond motifs is 2. The van der Waals surface area contributed by atoms with E-state index < -0.39 is 5.91 Å². The van der Waals surface area contributed by atoms with Crippen LogP contribution in [0.25, 0.3) is 22.4 Å². The second kappa shape index (κ2) is 9.34. The van der Waals surface area contributed by atoms with Crippen molar-refractivity contribution in [2.75, 3.05) is 4.90 Å². The number of aryl methyl sites for hydroxylation is 1. The third-order valence-electron chi connectivity index (χ3n) is 6.75. The summed E-state index contributed by atoms with van der Waals surface area (Å²) in [5, 5.41) is 1.00. The molecule has 5 heterocycles. The second-order valence-electron chi connectivity index (χ2n) is 9.15. The topological polar surface area (TPSA) is 123 Å². The molecule has 0 spiro atoms. The van der Waals surface area contributed by atoms with Crippen LogP contribution >= 0.6 is 0 Å². The van der Waals surface area contributed by atoms with Crippen molar-refractivity contribution >= 4 is 22.5 Å². The van der Waals surface area contributed by atoms with Crippen molar-refractivity contribution in [2.45, 2.75) is 32.0 Å². The number of H-pyrrole nitrogens is 1. The van der Waals surface area contributed by atoms with Crippen molar-refractivity contribution in [3.8, 4) is 11.5 Å². The molecule has 5 aromatic rings. The minimum atomic E-state index is -0.619. The first-order valence-corrected chi connectivity index (χ1v) is 12.1. The lowest BCUT2D eigenvalue weighted by Crippen LogP contribution is -2.41. The maximum atomic E-state index is 14.1. The monoisotopic (exact) mass is 491 g/mol. The van der Waals surface area contributed by atoms with Gasteiger partial charge in [0, 0.05) is 35.2 Å². The average Bonchev–Trinajstić information content (AvgIpc) is 3.33. The lowest BCUT2D eigenvalue weighted by atomic mass is 9.93. The smallest absolute Gasteiger partial charge is 0.278 e. The minimum absolute atomic E-state index is 0.0459. The number of hydrogen-bond acceptors (Lipinski definition) is 6. The van der Waals surface area contributed by atoms with Crippen LogP contribution < -0.4 is 16.2 Å². The van der Waals surface area contributed by atoms with Crippen molar-refractivity contribution in [2.24, 2.45) is 5.73 Å². The maximum absolute atomic E-state index is 14.1. The van der Waals surface area contributed by atoms with Crippen LogP contribution in [0.3, 0.4) is 0 Å². The predicted molar refractivity (Wildman–Crippen MR) is 141 cm³/mol. The van der Waals surface area contributed by atoms with Crippen LogP contribution in [-0.2, 0) is 24.3 Å². The number of nitrogens with one attached hydrogen (secondary N) is 1. The number of nitrogens with zero attached hydrogens (tertiary/aromatic N) is 5. The molecule has 1 aliphatic rings. The predicted octanol–water partition coefficient (Wildman–Crippen LogP) is 3.36. The van der Waals surface area contributed by atoms with Gasteiger partial charge in [0.1, 0.15) is 17.9 Å². The van der Waals surface area contributed by atoms with Gasteiger partial charge in [-0.3, -0.25) is 24.1 Å². The summed E-state index contributed by atoms with van der Waals surface area (Å²) in [5.74, 6) is -0.274. The number of pyridine rings is 2. The van der Waals surface area contributed by atoms with Gasteiger partial charge >= 0.3 is 0 Å². The number of benzene rings is 1. The quantitative estimate of drug-likeness (QED) is 0.376. The molecule has 9 nitrogen and oxygen atoms in total. The summed E-state index contributed by atoms with van der Waals surface area (Å²) < 4.78 is 1.35. The Balaban J connectivity index is 1.53. The number of rotatable bonds is 6. The molecule has 0 saturated carbocycles. The van der Waals surface area contributed by atoms with Crippen LogP contribution in [0.1, 0.15) is 29.4 Å². The fourth-order valence-electron chi connectivity index (χ4n) is 5.14. The lowest BCUT2D eigenvalue weighted by molar-refractivity contribution is -0.118. The van der Waals surface area contributed by atoms with Gasteiger partial charge in [-0.25, -0.2) is 4.98 Å². The van der Waals surface area contributed by atoms with Crippen LogP contribution in [0.5, 0.6) is 0 Å². The fraction of sp³-hybridized carbons (Fsp3) is 0.179. The molecule has 0 aliphatic carbocycles. The van der Waals surface area contributed by atoms with Crippen LogP contribution in [-0.4, -0.2) is 30.4 Å². The molecule has 3 N–H and O–H groups in total. The van der Waals surface area contributed by atoms with E-state index in [1.807, 2.05) is 36.5 Å². The van der Waals surface area contributed by atoms with Gasteiger partial charge in [-0.1, -0.05) is 36.4 Å². The zero-order chi connectivity index (χ0) is 25.4. The van der Waals surface area contributed by atoms with Gasteiger partial charge in [0.25, 0.3) is 5.56 Å². The molecule has 1 unspecified atom stereocenters. The third kappa shape index (κ3) is 4.24. The van der Waals surface area contributed by atoms with E-state index in [-0.39, 0.29) is 18.1 Å². The van der Waals surface area contributed by atoms with E-state index in [0.717, 1.165) is 28.6 Å². The molecule has 37 heavy (non-hydrogen) atoms. The zero-order valence-corrected chi connectivity index (χ0v) is 20.0. The molecule has 0 radical (unpaired) electrons. The standard InChI is InChI=1S/C28H25N7O2/c29-25(36)17-35-27(23-8-4-5-12-31-23)33-22-9-10-24(18-6-2-1-3-7-18)34(26(22)28(35)37)16-20-14-19-15-30-13-11-21(19)32-20/h1-8,11-15,24,32H,9-10,16-17H2,(H2,29,36). The number of aromatic amines is 1. The zero-order valence-electron chi connectivity index (χ0n) is 20.0. The van der Waals surface area contributed by atoms with Gasteiger partial charge in [0.2, 0.25) is 5.91 Å². The molecule has 0 saturated heterocycles. The molecule has 9 heteroatoms. The summed E-state index contributed by atoms with van der Waals surface area (Å²) in [6.45, 7) is 0.171. The van der Waals surface area contributed by atoms with Crippen molar-refractivity contribution < 1.29 is 4.79 Å². The number of hydrogen-bond donors (Lipinski definition) is 2. The van der Waals surface area contributed by atoms with E-state index in [1.165, 1.54) is 4.57 Å². The molecule has 1 amide bonds. The van der Waals surface area contributed by atoms with Crippen molar-refractivity contribution in [1.82, 2.24) is 24.5 Å². The Bertz CT molecular complexity index is 1610. The average molecular weight is 492 g/mol. The first-order valence-electron chi connectivity index (χ1n) is 12.1. The highest BCUT2D eigenvalue weighted by molar-refractivity contribution is 5.79. The molecule has 1 atom stereocenters. The van der Waals surface area contributed by atoms with Crippen LogP contribution in [0.4, 0.5) is 5.69 Å². The van der Waals surface area contributed by atoms with Gasteiger partial charge in [0.15, 0.2) is 5.82 Å². The Morgan fingerprint density at radius 1 is 1.08 bits per heavy atom. The lowest BCUT2D eigenvalue weighted by Gasteiger charge is -2.38. The Morgan fingerprint density at radius 2 is 1.92 bits per heavy atom. The Hall–Kier alpha value is -4.79. The Morgan fingerprint density at radius 3 is 2.68 bits per heavy atom. The Kier molecular flexibility index (Phi) is 5.72. The summed E-state index contributed by atoms with van der Waals surface area (Å²) in [7, 11) is 0. The van der Waals surface area contributed by atoms with E-state index in [2.05, 4.69) is 38.1 Å². The van der Waals surface area contributed by atoms with Gasteiger partial charge in [-0.15, -0.1) is 0 Å². The number of amides is 1. The molecule has 1 aliphatic heterocycles. The highest BCUT2D eigenvalue weighted by atomic mass is 16.2. The summed E-state index contributed by atoms with van der Waals surface area (Å²) >= 11 is 0. The number of aromatic nitrogens is 5. The van der Waals surface area contributed by atoms with Gasteiger partial charge in [-0.2, -0.15) is 0 Å². The SMILES string of the molecule is NC(=O)Cn1c(-c2ccccn2)nc2c(c1=O)N(Cc1cc3cnccc3[nH]1)C(c1ccccc1)CC2.